The molecule has 0 radical (unpaired) electrons. The average Bonchev–Trinajstić information content (AvgIpc) is 2.23. The van der Waals surface area contributed by atoms with Gasteiger partial charge < -0.3 is 15.5 Å². The quantitative estimate of drug-likeness (QED) is 0.677. The maximum atomic E-state index is 11.4. The highest BCUT2D eigenvalue weighted by Gasteiger charge is 2.16. The van der Waals surface area contributed by atoms with Gasteiger partial charge in [0.05, 0.1) is 0 Å². The van der Waals surface area contributed by atoms with Crippen LogP contribution in [0.2, 0.25) is 0 Å². The molecular weight excluding hydrogens is 214 g/mol. The van der Waals surface area contributed by atoms with Crippen molar-refractivity contribution in [3.05, 3.63) is 0 Å². The van der Waals surface area contributed by atoms with Crippen molar-refractivity contribution in [3.8, 4) is 0 Å². The lowest BCUT2D eigenvalue weighted by Gasteiger charge is -2.29. The predicted octanol–water partition coefficient (Wildman–Crippen LogP) is 0.833. The van der Waals surface area contributed by atoms with Gasteiger partial charge in [0, 0.05) is 25.6 Å². The fourth-order valence-electron chi connectivity index (χ4n) is 2.34. The van der Waals surface area contributed by atoms with Crippen molar-refractivity contribution in [1.29, 1.82) is 0 Å². The van der Waals surface area contributed by atoms with Crippen LogP contribution in [0.15, 0.2) is 0 Å². The zero-order valence-electron chi connectivity index (χ0n) is 11.5. The summed E-state index contributed by atoms with van der Waals surface area (Å²) in [6, 6.07) is 0.245. The Labute approximate surface area is 105 Å². The lowest BCUT2D eigenvalue weighted by atomic mass is 9.98. The number of nitrogens with one attached hydrogen (secondary N) is 2. The average molecular weight is 241 g/mol. The normalized spacial score (nSPS) is 21.8. The molecule has 4 nitrogen and oxygen atoms in total. The second kappa shape index (κ2) is 7.67. The molecule has 2 N–H and O–H groups in total. The Kier molecular flexibility index (Phi) is 6.52. The van der Waals surface area contributed by atoms with Crippen molar-refractivity contribution in [3.63, 3.8) is 0 Å². The third-order valence-corrected chi connectivity index (χ3v) is 3.13. The number of piperidine rings is 1. The second-order valence-electron chi connectivity index (χ2n) is 5.45. The van der Waals surface area contributed by atoms with Crippen LogP contribution in [-0.2, 0) is 4.79 Å². The van der Waals surface area contributed by atoms with Gasteiger partial charge in [-0.25, -0.2) is 0 Å². The van der Waals surface area contributed by atoms with E-state index in [0.29, 0.717) is 6.42 Å². The van der Waals surface area contributed by atoms with Crippen molar-refractivity contribution < 1.29 is 4.79 Å². The highest BCUT2D eigenvalue weighted by molar-refractivity contribution is 5.76. The Hall–Kier alpha value is -0.610. The molecule has 1 aliphatic rings. The first kappa shape index (κ1) is 14.5. The summed E-state index contributed by atoms with van der Waals surface area (Å²) >= 11 is 0. The highest BCUT2D eigenvalue weighted by Crippen LogP contribution is 2.13. The fourth-order valence-corrected chi connectivity index (χ4v) is 2.34. The predicted molar refractivity (Wildman–Crippen MR) is 71.0 cm³/mol. The Morgan fingerprint density at radius 3 is 2.88 bits per heavy atom. The van der Waals surface area contributed by atoms with Crippen molar-refractivity contribution in [2.45, 2.75) is 39.2 Å². The largest absolute Gasteiger partial charge is 0.354 e. The van der Waals surface area contributed by atoms with Gasteiger partial charge in [-0.1, -0.05) is 0 Å². The van der Waals surface area contributed by atoms with Crippen molar-refractivity contribution >= 4 is 5.91 Å². The minimum absolute atomic E-state index is 0.147. The Morgan fingerprint density at radius 1 is 1.47 bits per heavy atom. The molecule has 1 fully saturated rings. The molecule has 1 unspecified atom stereocenters. The van der Waals surface area contributed by atoms with E-state index >= 15 is 0 Å². The van der Waals surface area contributed by atoms with Gasteiger partial charge in [-0.2, -0.15) is 0 Å². The van der Waals surface area contributed by atoms with Gasteiger partial charge in [-0.15, -0.1) is 0 Å². The summed E-state index contributed by atoms with van der Waals surface area (Å²) < 4.78 is 0. The van der Waals surface area contributed by atoms with Gasteiger partial charge in [0.25, 0.3) is 0 Å². The summed E-state index contributed by atoms with van der Waals surface area (Å²) in [6.07, 6.45) is 3.20. The molecule has 0 aliphatic carbocycles. The number of carbonyl (C=O) groups excluding carboxylic acids is 1. The molecule has 0 bridgehead atoms. The lowest BCUT2D eigenvalue weighted by molar-refractivity contribution is -0.121. The van der Waals surface area contributed by atoms with Gasteiger partial charge >= 0.3 is 0 Å². The maximum Gasteiger partial charge on any atom is 0.221 e. The van der Waals surface area contributed by atoms with Crippen LogP contribution in [0.1, 0.15) is 33.1 Å². The van der Waals surface area contributed by atoms with Gasteiger partial charge in [-0.3, -0.25) is 4.79 Å². The third-order valence-electron chi connectivity index (χ3n) is 3.13. The van der Waals surface area contributed by atoms with Crippen LogP contribution in [0.5, 0.6) is 0 Å². The lowest BCUT2D eigenvalue weighted by Crippen LogP contribution is -2.38. The van der Waals surface area contributed by atoms with Crippen LogP contribution < -0.4 is 10.6 Å². The molecule has 0 aromatic heterocycles. The third kappa shape index (κ3) is 6.64. The molecule has 1 amide bonds. The van der Waals surface area contributed by atoms with E-state index in [1.165, 1.54) is 25.9 Å². The minimum atomic E-state index is 0.147. The number of likely N-dealkylation sites (tertiary alicyclic amines) is 1. The van der Waals surface area contributed by atoms with E-state index < -0.39 is 0 Å². The monoisotopic (exact) mass is 241 g/mol. The van der Waals surface area contributed by atoms with Gasteiger partial charge in [0.1, 0.15) is 0 Å². The summed E-state index contributed by atoms with van der Waals surface area (Å²) in [4.78, 5) is 13.8. The number of carbonyl (C=O) groups is 1. The second-order valence-corrected chi connectivity index (χ2v) is 5.45. The smallest absolute Gasteiger partial charge is 0.221 e. The van der Waals surface area contributed by atoms with Gasteiger partial charge in [0.15, 0.2) is 0 Å². The topological polar surface area (TPSA) is 44.4 Å². The van der Waals surface area contributed by atoms with Crippen LogP contribution in [0, 0.1) is 5.92 Å². The molecule has 1 saturated heterocycles. The van der Waals surface area contributed by atoms with Crippen molar-refractivity contribution in [1.82, 2.24) is 15.5 Å². The van der Waals surface area contributed by atoms with Crippen molar-refractivity contribution in [2.75, 3.05) is 33.2 Å². The van der Waals surface area contributed by atoms with Crippen LogP contribution in [-0.4, -0.2) is 50.1 Å². The number of hydrogen-bond acceptors (Lipinski definition) is 3. The number of hydrogen-bond donors (Lipinski definition) is 2. The Morgan fingerprint density at radius 2 is 2.24 bits per heavy atom. The molecule has 0 saturated carbocycles. The molecule has 1 aliphatic heterocycles. The number of amides is 1. The molecule has 1 heterocycles. The van der Waals surface area contributed by atoms with E-state index in [4.69, 9.17) is 0 Å². The summed E-state index contributed by atoms with van der Waals surface area (Å²) in [7, 11) is 2.18. The van der Waals surface area contributed by atoms with E-state index in [0.717, 1.165) is 19.0 Å². The number of nitrogens with zero attached hydrogens (tertiary/aromatic N) is 1. The van der Waals surface area contributed by atoms with Crippen LogP contribution >= 0.6 is 0 Å². The summed E-state index contributed by atoms with van der Waals surface area (Å²) in [5.41, 5.74) is 0. The number of rotatable bonds is 6. The van der Waals surface area contributed by atoms with Crippen LogP contribution in [0.25, 0.3) is 0 Å². The summed E-state index contributed by atoms with van der Waals surface area (Å²) in [5, 5.41) is 6.29. The molecule has 17 heavy (non-hydrogen) atoms. The first-order valence-corrected chi connectivity index (χ1v) is 6.76. The standard InChI is InChI=1S/C13H27N3O/c1-11(2)15-13(17)6-7-14-9-12-5-4-8-16(3)10-12/h11-12,14H,4-10H2,1-3H3,(H,15,17). The molecule has 4 heteroatoms. The van der Waals surface area contributed by atoms with E-state index in [1.54, 1.807) is 0 Å². The van der Waals surface area contributed by atoms with E-state index in [9.17, 15) is 4.79 Å². The maximum absolute atomic E-state index is 11.4. The van der Waals surface area contributed by atoms with Crippen LogP contribution in [0.3, 0.4) is 0 Å². The summed E-state index contributed by atoms with van der Waals surface area (Å²) in [5.74, 6) is 0.898. The van der Waals surface area contributed by atoms with Gasteiger partial charge in [-0.05, 0) is 52.7 Å². The Bertz CT molecular complexity index is 231. The molecular formula is C13H27N3O. The first-order chi connectivity index (χ1) is 8.08. The minimum Gasteiger partial charge on any atom is -0.354 e. The van der Waals surface area contributed by atoms with Crippen LogP contribution in [0.4, 0.5) is 0 Å². The zero-order valence-corrected chi connectivity index (χ0v) is 11.5. The molecule has 1 atom stereocenters. The molecule has 0 aromatic rings. The zero-order chi connectivity index (χ0) is 12.7. The molecule has 1 rings (SSSR count). The highest BCUT2D eigenvalue weighted by atomic mass is 16.1. The van der Waals surface area contributed by atoms with Gasteiger partial charge in [0.2, 0.25) is 5.91 Å². The summed E-state index contributed by atoms with van der Waals surface area (Å²) in [6.45, 7) is 8.23. The van der Waals surface area contributed by atoms with E-state index in [2.05, 4.69) is 22.6 Å². The molecule has 0 spiro atoms. The van der Waals surface area contributed by atoms with E-state index in [-0.39, 0.29) is 11.9 Å². The van der Waals surface area contributed by atoms with E-state index in [1.807, 2.05) is 13.8 Å². The SMILES string of the molecule is CC(C)NC(=O)CCNCC1CCCN(C)C1. The first-order valence-electron chi connectivity index (χ1n) is 6.76. The molecule has 0 aromatic carbocycles. The molecule has 100 valence electrons. The van der Waals surface area contributed by atoms with Crippen molar-refractivity contribution in [2.24, 2.45) is 5.92 Å². The fraction of sp³-hybridized carbons (Fsp3) is 0.923. The Balaban J connectivity index is 2.01.